The molecule has 0 aliphatic rings. The summed E-state index contributed by atoms with van der Waals surface area (Å²) in [6, 6.07) is 21.5. The van der Waals surface area contributed by atoms with Gasteiger partial charge in [0.1, 0.15) is 5.82 Å². The fourth-order valence-corrected chi connectivity index (χ4v) is 3.08. The molecule has 0 saturated heterocycles. The van der Waals surface area contributed by atoms with Gasteiger partial charge in [-0.3, -0.25) is 4.72 Å². The summed E-state index contributed by atoms with van der Waals surface area (Å²) in [5, 5.41) is 0. The Kier molecular flexibility index (Phi) is 3.89. The monoisotopic (exact) mass is 310 g/mol. The number of rotatable bonds is 4. The molecule has 0 bridgehead atoms. The van der Waals surface area contributed by atoms with E-state index in [-0.39, 0.29) is 4.90 Å². The van der Waals surface area contributed by atoms with E-state index in [0.29, 0.717) is 5.82 Å². The lowest BCUT2D eigenvalue weighted by Crippen LogP contribution is -2.13. The van der Waals surface area contributed by atoms with Crippen LogP contribution in [0.5, 0.6) is 0 Å². The third kappa shape index (κ3) is 3.15. The summed E-state index contributed by atoms with van der Waals surface area (Å²) >= 11 is 0. The Morgan fingerprint density at radius 1 is 0.727 bits per heavy atom. The number of pyridine rings is 1. The number of nitrogens with zero attached hydrogens (tertiary/aromatic N) is 1. The average molecular weight is 310 g/mol. The van der Waals surface area contributed by atoms with E-state index in [9.17, 15) is 8.42 Å². The maximum absolute atomic E-state index is 12.2. The van der Waals surface area contributed by atoms with Gasteiger partial charge in [-0.05, 0) is 29.8 Å². The highest BCUT2D eigenvalue weighted by molar-refractivity contribution is 7.92. The van der Waals surface area contributed by atoms with Crippen molar-refractivity contribution in [2.75, 3.05) is 4.72 Å². The van der Waals surface area contributed by atoms with Crippen LogP contribution in [0.3, 0.4) is 0 Å². The molecule has 0 aliphatic heterocycles. The van der Waals surface area contributed by atoms with Gasteiger partial charge < -0.3 is 0 Å². The van der Waals surface area contributed by atoms with E-state index in [0.717, 1.165) is 11.1 Å². The van der Waals surface area contributed by atoms with Crippen molar-refractivity contribution in [1.29, 1.82) is 0 Å². The molecule has 3 rings (SSSR count). The second kappa shape index (κ2) is 5.99. The number of benzene rings is 2. The highest BCUT2D eigenvalue weighted by Gasteiger charge is 2.13. The fraction of sp³-hybridized carbons (Fsp3) is 0. The molecular weight excluding hydrogens is 296 g/mol. The summed E-state index contributed by atoms with van der Waals surface area (Å²) < 4.78 is 26.9. The van der Waals surface area contributed by atoms with Gasteiger partial charge in [0.2, 0.25) is 0 Å². The van der Waals surface area contributed by atoms with Gasteiger partial charge in [-0.2, -0.15) is 0 Å². The molecule has 5 heteroatoms. The average Bonchev–Trinajstić information content (AvgIpc) is 2.57. The molecule has 1 N–H and O–H groups in total. The molecule has 0 aliphatic carbocycles. The second-order valence-electron chi connectivity index (χ2n) is 4.72. The zero-order valence-corrected chi connectivity index (χ0v) is 12.5. The largest absolute Gasteiger partial charge is 0.263 e. The molecule has 22 heavy (non-hydrogen) atoms. The van der Waals surface area contributed by atoms with Crippen molar-refractivity contribution in [1.82, 2.24) is 4.98 Å². The van der Waals surface area contributed by atoms with Crippen molar-refractivity contribution in [3.05, 3.63) is 79.0 Å². The molecule has 0 radical (unpaired) electrons. The lowest BCUT2D eigenvalue weighted by molar-refractivity contribution is 0.601. The minimum Gasteiger partial charge on any atom is -0.263 e. The van der Waals surface area contributed by atoms with Gasteiger partial charge in [0.15, 0.2) is 0 Å². The van der Waals surface area contributed by atoms with E-state index in [1.807, 2.05) is 36.4 Å². The zero-order chi connectivity index (χ0) is 15.4. The molecule has 0 amide bonds. The molecule has 110 valence electrons. The topological polar surface area (TPSA) is 59.1 Å². The summed E-state index contributed by atoms with van der Waals surface area (Å²) in [6.07, 6.45) is 1.65. The molecule has 2 aromatic carbocycles. The van der Waals surface area contributed by atoms with Crippen LogP contribution < -0.4 is 4.72 Å². The van der Waals surface area contributed by atoms with Crippen molar-refractivity contribution >= 4 is 15.8 Å². The first-order chi connectivity index (χ1) is 10.6. The van der Waals surface area contributed by atoms with Crippen LogP contribution in [0.1, 0.15) is 0 Å². The van der Waals surface area contributed by atoms with E-state index < -0.39 is 10.0 Å². The molecule has 1 heterocycles. The van der Waals surface area contributed by atoms with Gasteiger partial charge in [0.25, 0.3) is 10.0 Å². The minimum atomic E-state index is -3.60. The summed E-state index contributed by atoms with van der Waals surface area (Å²) in [6.45, 7) is 0. The van der Waals surface area contributed by atoms with Crippen molar-refractivity contribution in [2.45, 2.75) is 4.90 Å². The molecule has 1 aromatic heterocycles. The Bertz CT molecular complexity index is 846. The van der Waals surface area contributed by atoms with E-state index in [4.69, 9.17) is 0 Å². The van der Waals surface area contributed by atoms with E-state index in [1.54, 1.807) is 42.6 Å². The van der Waals surface area contributed by atoms with Crippen LogP contribution in [0.4, 0.5) is 5.82 Å². The first-order valence-electron chi connectivity index (χ1n) is 6.74. The van der Waals surface area contributed by atoms with Crippen LogP contribution in [-0.2, 0) is 10.0 Å². The Morgan fingerprint density at radius 3 is 1.95 bits per heavy atom. The fourth-order valence-electron chi connectivity index (χ4n) is 2.05. The Balaban J connectivity index is 1.83. The molecular formula is C17H14N2O2S. The summed E-state index contributed by atoms with van der Waals surface area (Å²) in [4.78, 5) is 4.39. The Morgan fingerprint density at radius 2 is 1.36 bits per heavy atom. The second-order valence-corrected chi connectivity index (χ2v) is 6.40. The SMILES string of the molecule is O=S(=O)(Nc1ccc(-c2ccccc2)cn1)c1ccccc1. The number of anilines is 1. The number of nitrogens with one attached hydrogen (secondary N) is 1. The van der Waals surface area contributed by atoms with Crippen LogP contribution in [0.2, 0.25) is 0 Å². The van der Waals surface area contributed by atoms with Crippen LogP contribution in [-0.4, -0.2) is 13.4 Å². The molecule has 3 aromatic rings. The van der Waals surface area contributed by atoms with Crippen molar-refractivity contribution < 1.29 is 8.42 Å². The smallest absolute Gasteiger partial charge is 0.263 e. The number of hydrogen-bond donors (Lipinski definition) is 1. The van der Waals surface area contributed by atoms with E-state index >= 15 is 0 Å². The Hall–Kier alpha value is -2.66. The highest BCUT2D eigenvalue weighted by atomic mass is 32.2. The van der Waals surface area contributed by atoms with Crippen molar-refractivity contribution in [2.24, 2.45) is 0 Å². The molecule has 0 unspecified atom stereocenters. The lowest BCUT2D eigenvalue weighted by Gasteiger charge is -2.08. The van der Waals surface area contributed by atoms with Crippen LogP contribution in [0.25, 0.3) is 11.1 Å². The molecule has 0 saturated carbocycles. The predicted octanol–water partition coefficient (Wildman–Crippen LogP) is 3.55. The van der Waals surface area contributed by atoms with Gasteiger partial charge in [-0.1, -0.05) is 48.5 Å². The number of sulfonamides is 1. The summed E-state index contributed by atoms with van der Waals surface area (Å²) in [5.41, 5.74) is 1.97. The number of hydrogen-bond acceptors (Lipinski definition) is 3. The van der Waals surface area contributed by atoms with Gasteiger partial charge in [0.05, 0.1) is 4.90 Å². The minimum absolute atomic E-state index is 0.212. The maximum Gasteiger partial charge on any atom is 0.263 e. The summed E-state index contributed by atoms with van der Waals surface area (Å²) in [7, 11) is -3.60. The zero-order valence-electron chi connectivity index (χ0n) is 11.7. The van der Waals surface area contributed by atoms with Gasteiger partial charge in [0, 0.05) is 11.8 Å². The van der Waals surface area contributed by atoms with Gasteiger partial charge >= 0.3 is 0 Å². The quantitative estimate of drug-likeness (QED) is 0.801. The first kappa shape index (κ1) is 14.3. The van der Waals surface area contributed by atoms with Crippen molar-refractivity contribution in [3.63, 3.8) is 0 Å². The molecule has 0 fully saturated rings. The van der Waals surface area contributed by atoms with E-state index in [1.165, 1.54) is 0 Å². The lowest BCUT2D eigenvalue weighted by atomic mass is 10.1. The van der Waals surface area contributed by atoms with Crippen molar-refractivity contribution in [3.8, 4) is 11.1 Å². The normalized spacial score (nSPS) is 11.1. The van der Waals surface area contributed by atoms with Gasteiger partial charge in [-0.15, -0.1) is 0 Å². The van der Waals surface area contributed by atoms with Crippen LogP contribution in [0, 0.1) is 0 Å². The number of aromatic nitrogens is 1. The van der Waals surface area contributed by atoms with Gasteiger partial charge in [-0.25, -0.2) is 13.4 Å². The van der Waals surface area contributed by atoms with Crippen LogP contribution >= 0.6 is 0 Å². The third-order valence-electron chi connectivity index (χ3n) is 3.16. The molecule has 4 nitrogen and oxygen atoms in total. The standard InChI is InChI=1S/C17H14N2O2S/c20-22(21,16-9-5-2-6-10-16)19-17-12-11-15(13-18-17)14-7-3-1-4-8-14/h1-13H,(H,18,19). The van der Waals surface area contributed by atoms with Crippen LogP contribution in [0.15, 0.2) is 83.9 Å². The van der Waals surface area contributed by atoms with E-state index in [2.05, 4.69) is 9.71 Å². The molecule has 0 spiro atoms. The highest BCUT2D eigenvalue weighted by Crippen LogP contribution is 2.20. The predicted molar refractivity (Wildman–Crippen MR) is 86.9 cm³/mol. The summed E-state index contributed by atoms with van der Waals surface area (Å²) in [5.74, 6) is 0.295. The Labute approximate surface area is 129 Å². The first-order valence-corrected chi connectivity index (χ1v) is 8.23. The maximum atomic E-state index is 12.2. The third-order valence-corrected chi connectivity index (χ3v) is 4.53. The molecule has 0 atom stereocenters.